The molecule has 1 aliphatic rings. The molecule has 3 rings (SSSR count). The molecule has 1 atom stereocenters. The Kier molecular flexibility index (Phi) is 4.34. The van der Waals surface area contributed by atoms with Gasteiger partial charge in [0, 0.05) is 34.6 Å². The van der Waals surface area contributed by atoms with E-state index in [-0.39, 0.29) is 11.1 Å². The molecule has 122 valence electrons. The van der Waals surface area contributed by atoms with Gasteiger partial charge in [-0.25, -0.2) is 0 Å². The number of nitrogens with zero attached hydrogens (tertiary/aromatic N) is 2. The van der Waals surface area contributed by atoms with Crippen molar-refractivity contribution >= 4 is 11.6 Å². The quantitative estimate of drug-likeness (QED) is 0.748. The third-order valence-corrected chi connectivity index (χ3v) is 4.60. The van der Waals surface area contributed by atoms with E-state index in [1.54, 1.807) is 12.4 Å². The van der Waals surface area contributed by atoms with Crippen molar-refractivity contribution in [3.63, 3.8) is 0 Å². The summed E-state index contributed by atoms with van der Waals surface area (Å²) in [6.07, 6.45) is 1.07. The molecule has 2 heterocycles. The van der Waals surface area contributed by atoms with Crippen LogP contribution >= 0.6 is 11.6 Å². The average molecular weight is 341 g/mol. The van der Waals surface area contributed by atoms with Crippen LogP contribution in [0.5, 0.6) is 0 Å². The van der Waals surface area contributed by atoms with Gasteiger partial charge in [-0.3, -0.25) is 9.88 Å². The Morgan fingerprint density at radius 3 is 2.65 bits per heavy atom. The van der Waals surface area contributed by atoms with E-state index in [2.05, 4.69) is 9.88 Å². The third kappa shape index (κ3) is 3.35. The second kappa shape index (κ2) is 6.13. The van der Waals surface area contributed by atoms with Crippen LogP contribution in [0.3, 0.4) is 0 Å². The van der Waals surface area contributed by atoms with Gasteiger partial charge >= 0.3 is 6.18 Å². The molecular formula is C17H16ClF3N2. The van der Waals surface area contributed by atoms with Gasteiger partial charge in [0.2, 0.25) is 0 Å². The Hall–Kier alpha value is -1.59. The fraction of sp³-hybridized carbons (Fsp3) is 0.353. The average Bonchev–Trinajstić information content (AvgIpc) is 2.93. The van der Waals surface area contributed by atoms with E-state index < -0.39 is 11.7 Å². The van der Waals surface area contributed by atoms with E-state index in [0.29, 0.717) is 11.1 Å². The van der Waals surface area contributed by atoms with Crippen LogP contribution in [0.2, 0.25) is 5.02 Å². The van der Waals surface area contributed by atoms with Gasteiger partial charge in [-0.15, -0.1) is 0 Å². The van der Waals surface area contributed by atoms with Crippen molar-refractivity contribution < 1.29 is 13.2 Å². The fourth-order valence-corrected chi connectivity index (χ4v) is 3.27. The van der Waals surface area contributed by atoms with Crippen LogP contribution in [0.15, 0.2) is 36.7 Å². The molecule has 23 heavy (non-hydrogen) atoms. The van der Waals surface area contributed by atoms with Gasteiger partial charge in [-0.05, 0) is 56.3 Å². The zero-order valence-electron chi connectivity index (χ0n) is 12.6. The van der Waals surface area contributed by atoms with Gasteiger partial charge < -0.3 is 0 Å². The lowest BCUT2D eigenvalue weighted by Gasteiger charge is -2.20. The van der Waals surface area contributed by atoms with Gasteiger partial charge in [0.1, 0.15) is 0 Å². The molecule has 2 nitrogen and oxygen atoms in total. The van der Waals surface area contributed by atoms with Crippen molar-refractivity contribution in [1.29, 1.82) is 0 Å². The second-order valence-electron chi connectivity index (χ2n) is 5.84. The summed E-state index contributed by atoms with van der Waals surface area (Å²) in [4.78, 5) is 6.44. The summed E-state index contributed by atoms with van der Waals surface area (Å²) in [7, 11) is 2.04. The molecule has 1 aromatic heterocycles. The highest BCUT2D eigenvalue weighted by molar-refractivity contribution is 6.33. The summed E-state index contributed by atoms with van der Waals surface area (Å²) in [5.74, 6) is 0. The minimum absolute atomic E-state index is 0.257. The Balaban J connectivity index is 2.02. The number of aromatic nitrogens is 1. The maximum absolute atomic E-state index is 12.9. The Morgan fingerprint density at radius 2 is 2.00 bits per heavy atom. The number of likely N-dealkylation sites (tertiary alicyclic amines) is 1. The number of pyridine rings is 1. The van der Waals surface area contributed by atoms with E-state index in [1.165, 1.54) is 6.07 Å². The third-order valence-electron chi connectivity index (χ3n) is 4.27. The van der Waals surface area contributed by atoms with E-state index in [0.717, 1.165) is 37.1 Å². The summed E-state index contributed by atoms with van der Waals surface area (Å²) in [6, 6.07) is 5.51. The molecule has 0 saturated carbocycles. The van der Waals surface area contributed by atoms with E-state index in [9.17, 15) is 13.2 Å². The summed E-state index contributed by atoms with van der Waals surface area (Å²) < 4.78 is 38.8. The highest BCUT2D eigenvalue weighted by Crippen LogP contribution is 2.37. The van der Waals surface area contributed by atoms with Crippen molar-refractivity contribution in [3.05, 3.63) is 52.8 Å². The summed E-state index contributed by atoms with van der Waals surface area (Å²) in [5, 5.41) is 0.289. The van der Waals surface area contributed by atoms with Crippen molar-refractivity contribution in [2.75, 3.05) is 13.6 Å². The highest BCUT2D eigenvalue weighted by Gasteiger charge is 2.31. The molecule has 6 heteroatoms. The number of rotatable bonds is 2. The Labute approximate surface area is 137 Å². The van der Waals surface area contributed by atoms with Crippen molar-refractivity contribution in [3.8, 4) is 11.1 Å². The smallest absolute Gasteiger partial charge is 0.299 e. The molecule has 0 bridgehead atoms. The Morgan fingerprint density at radius 1 is 1.22 bits per heavy atom. The molecule has 0 N–H and O–H groups in total. The standard InChI is InChI=1S/C17H16ClF3N2/c1-23-6-2-3-16(23)12-7-11(9-22-10-12)14-8-13(17(19,20)21)4-5-15(14)18/h4-5,7-10,16H,2-3,6H2,1H3. The summed E-state index contributed by atoms with van der Waals surface area (Å²) in [6.45, 7) is 1.01. The first-order valence-electron chi connectivity index (χ1n) is 7.38. The van der Waals surface area contributed by atoms with Crippen LogP contribution in [0, 0.1) is 0 Å². The normalized spacial score (nSPS) is 19.3. The molecule has 2 aromatic rings. The van der Waals surface area contributed by atoms with E-state index in [4.69, 9.17) is 11.6 Å². The van der Waals surface area contributed by atoms with Crippen LogP contribution in [0.25, 0.3) is 11.1 Å². The zero-order chi connectivity index (χ0) is 16.6. The number of halogens is 4. The first kappa shape index (κ1) is 16.3. The molecule has 1 aromatic carbocycles. The van der Waals surface area contributed by atoms with E-state index in [1.807, 2.05) is 13.1 Å². The molecule has 1 unspecified atom stereocenters. The van der Waals surface area contributed by atoms with Gasteiger partial charge in [0.05, 0.1) is 5.56 Å². The van der Waals surface area contributed by atoms with Crippen LogP contribution in [0.4, 0.5) is 13.2 Å². The molecule has 1 fully saturated rings. The predicted molar refractivity (Wildman–Crippen MR) is 84.3 cm³/mol. The minimum Gasteiger partial charge on any atom is -0.299 e. The summed E-state index contributed by atoms with van der Waals surface area (Å²) >= 11 is 6.12. The first-order valence-corrected chi connectivity index (χ1v) is 7.76. The molecule has 1 aliphatic heterocycles. The van der Waals surface area contributed by atoms with Gasteiger partial charge in [-0.1, -0.05) is 11.6 Å². The maximum Gasteiger partial charge on any atom is 0.416 e. The van der Waals surface area contributed by atoms with Crippen LogP contribution < -0.4 is 0 Å². The topological polar surface area (TPSA) is 16.1 Å². The van der Waals surface area contributed by atoms with Gasteiger partial charge in [0.15, 0.2) is 0 Å². The largest absolute Gasteiger partial charge is 0.416 e. The van der Waals surface area contributed by atoms with Crippen molar-refractivity contribution in [1.82, 2.24) is 9.88 Å². The number of benzene rings is 1. The first-order chi connectivity index (χ1) is 10.9. The van der Waals surface area contributed by atoms with Crippen LogP contribution in [-0.4, -0.2) is 23.5 Å². The van der Waals surface area contributed by atoms with Gasteiger partial charge in [-0.2, -0.15) is 13.2 Å². The second-order valence-corrected chi connectivity index (χ2v) is 6.25. The number of alkyl halides is 3. The number of hydrogen-bond acceptors (Lipinski definition) is 2. The monoisotopic (exact) mass is 340 g/mol. The lowest BCUT2D eigenvalue weighted by Crippen LogP contribution is -2.17. The van der Waals surface area contributed by atoms with Crippen LogP contribution in [-0.2, 0) is 6.18 Å². The molecule has 1 saturated heterocycles. The van der Waals surface area contributed by atoms with Crippen LogP contribution in [0.1, 0.15) is 30.0 Å². The van der Waals surface area contributed by atoms with Gasteiger partial charge in [0.25, 0.3) is 0 Å². The van der Waals surface area contributed by atoms with Crippen molar-refractivity contribution in [2.24, 2.45) is 0 Å². The fourth-order valence-electron chi connectivity index (χ4n) is 3.04. The molecule has 0 aliphatic carbocycles. The lowest BCUT2D eigenvalue weighted by molar-refractivity contribution is -0.137. The molecule has 0 radical (unpaired) electrons. The number of hydrogen-bond donors (Lipinski definition) is 0. The zero-order valence-corrected chi connectivity index (χ0v) is 13.3. The predicted octanol–water partition coefficient (Wildman–Crippen LogP) is 5.19. The minimum atomic E-state index is -4.39. The van der Waals surface area contributed by atoms with Crippen molar-refractivity contribution in [2.45, 2.75) is 25.1 Å². The lowest BCUT2D eigenvalue weighted by atomic mass is 10.00. The SMILES string of the molecule is CN1CCCC1c1cncc(-c2cc(C(F)(F)F)ccc2Cl)c1. The molecular weight excluding hydrogens is 325 g/mol. The van der Waals surface area contributed by atoms with E-state index >= 15 is 0 Å². The molecule has 0 spiro atoms. The Bertz CT molecular complexity index is 715. The highest BCUT2D eigenvalue weighted by atomic mass is 35.5. The summed E-state index contributed by atoms with van der Waals surface area (Å²) in [5.41, 5.74) is 1.27. The maximum atomic E-state index is 12.9. The molecule has 0 amide bonds.